The topological polar surface area (TPSA) is 87.6 Å². The zero-order valence-electron chi connectivity index (χ0n) is 14.1. The molecule has 2 aromatic heterocycles. The summed E-state index contributed by atoms with van der Waals surface area (Å²) >= 11 is 0. The van der Waals surface area contributed by atoms with E-state index in [1.54, 1.807) is 6.92 Å². The maximum atomic E-state index is 9.83. The number of aliphatic hydroxyl groups excluding tert-OH is 2. The van der Waals surface area contributed by atoms with E-state index < -0.39 is 24.6 Å². The molecule has 0 radical (unpaired) electrons. The van der Waals surface area contributed by atoms with Crippen LogP contribution in [0.4, 0.5) is 0 Å². The molecule has 0 spiro atoms. The lowest BCUT2D eigenvalue weighted by molar-refractivity contribution is -0.245. The first-order valence-electron chi connectivity index (χ1n) is 8.61. The summed E-state index contributed by atoms with van der Waals surface area (Å²) in [6.07, 6.45) is 0.106. The number of H-pyrrole nitrogens is 1. The normalized spacial score (nSPS) is 27.2. The standard InChI is InChI=1S/C19H22N2O4/c1-11-19(23)16(22)10-17(25-11)24-9-7-15-18-13(6-8-20-15)12-4-2-3-5-14(12)21-18/h2-6,8,11,16-17,19,21-23H,7,9-10H2,1H3/t11-,16-,17+,19-/m1/s1. The Morgan fingerprint density at radius 1 is 1.24 bits per heavy atom. The van der Waals surface area contributed by atoms with E-state index in [1.165, 1.54) is 5.39 Å². The molecule has 3 aromatic rings. The van der Waals surface area contributed by atoms with Crippen LogP contribution >= 0.6 is 0 Å². The molecule has 0 aliphatic carbocycles. The number of ether oxygens (including phenoxy) is 2. The first-order chi connectivity index (χ1) is 12.1. The maximum Gasteiger partial charge on any atom is 0.160 e. The SMILES string of the molecule is C[C@H]1O[C@H](OCCc2nccc3c2[nH]c2ccccc23)C[C@@H](O)[C@@H]1O. The number of benzene rings is 1. The summed E-state index contributed by atoms with van der Waals surface area (Å²) in [6.45, 7) is 2.16. The van der Waals surface area contributed by atoms with Gasteiger partial charge in [0.2, 0.25) is 0 Å². The van der Waals surface area contributed by atoms with Crippen molar-refractivity contribution in [2.24, 2.45) is 0 Å². The number of hydrogen-bond acceptors (Lipinski definition) is 5. The molecular weight excluding hydrogens is 320 g/mol. The quantitative estimate of drug-likeness (QED) is 0.676. The summed E-state index contributed by atoms with van der Waals surface area (Å²) < 4.78 is 11.3. The van der Waals surface area contributed by atoms with Gasteiger partial charge in [-0.1, -0.05) is 18.2 Å². The fourth-order valence-corrected chi connectivity index (χ4v) is 3.44. The molecule has 1 aliphatic rings. The fourth-order valence-electron chi connectivity index (χ4n) is 3.44. The molecule has 1 fully saturated rings. The molecule has 1 aromatic carbocycles. The zero-order valence-corrected chi connectivity index (χ0v) is 14.1. The number of hydrogen-bond donors (Lipinski definition) is 3. The Labute approximate surface area is 145 Å². The van der Waals surface area contributed by atoms with Crippen molar-refractivity contribution < 1.29 is 19.7 Å². The van der Waals surface area contributed by atoms with Crippen molar-refractivity contribution in [2.75, 3.05) is 6.61 Å². The lowest BCUT2D eigenvalue weighted by Gasteiger charge is -2.35. The third-order valence-electron chi connectivity index (χ3n) is 4.82. The second-order valence-corrected chi connectivity index (χ2v) is 6.54. The van der Waals surface area contributed by atoms with Gasteiger partial charge in [-0.3, -0.25) is 4.98 Å². The van der Waals surface area contributed by atoms with Crippen LogP contribution in [0.15, 0.2) is 36.5 Å². The van der Waals surface area contributed by atoms with Gasteiger partial charge in [0.05, 0.1) is 30.0 Å². The van der Waals surface area contributed by atoms with E-state index in [0.29, 0.717) is 13.0 Å². The van der Waals surface area contributed by atoms with Crippen LogP contribution in [0.25, 0.3) is 21.8 Å². The number of aromatic amines is 1. The van der Waals surface area contributed by atoms with Crippen molar-refractivity contribution >= 4 is 21.8 Å². The molecule has 4 atom stereocenters. The van der Waals surface area contributed by atoms with Crippen LogP contribution in [0, 0.1) is 0 Å². The maximum absolute atomic E-state index is 9.83. The number of aliphatic hydroxyl groups is 2. The Kier molecular flexibility index (Phi) is 4.43. The molecule has 3 heterocycles. The second-order valence-electron chi connectivity index (χ2n) is 6.54. The van der Waals surface area contributed by atoms with Crippen LogP contribution < -0.4 is 0 Å². The smallest absolute Gasteiger partial charge is 0.160 e. The third kappa shape index (κ3) is 3.14. The summed E-state index contributed by atoms with van der Waals surface area (Å²) in [5.74, 6) is 0. The van der Waals surface area contributed by atoms with E-state index in [9.17, 15) is 10.2 Å². The van der Waals surface area contributed by atoms with Crippen LogP contribution in [-0.2, 0) is 15.9 Å². The van der Waals surface area contributed by atoms with Gasteiger partial charge < -0.3 is 24.7 Å². The van der Waals surface area contributed by atoms with Crippen molar-refractivity contribution in [3.8, 4) is 0 Å². The number of nitrogens with zero attached hydrogens (tertiary/aromatic N) is 1. The lowest BCUT2D eigenvalue weighted by atomic mass is 10.0. The average Bonchev–Trinajstić information content (AvgIpc) is 2.99. The molecule has 4 rings (SSSR count). The van der Waals surface area contributed by atoms with Crippen LogP contribution in [0.3, 0.4) is 0 Å². The van der Waals surface area contributed by atoms with Crippen LogP contribution in [0.5, 0.6) is 0 Å². The highest BCUT2D eigenvalue weighted by Gasteiger charge is 2.34. The highest BCUT2D eigenvalue weighted by Crippen LogP contribution is 2.27. The minimum absolute atomic E-state index is 0.273. The van der Waals surface area contributed by atoms with Gasteiger partial charge in [-0.2, -0.15) is 0 Å². The predicted molar refractivity (Wildman–Crippen MR) is 94.2 cm³/mol. The van der Waals surface area contributed by atoms with E-state index in [1.807, 2.05) is 24.4 Å². The summed E-state index contributed by atoms with van der Waals surface area (Å²) in [4.78, 5) is 7.92. The van der Waals surface area contributed by atoms with Gasteiger partial charge in [0, 0.05) is 35.3 Å². The summed E-state index contributed by atoms with van der Waals surface area (Å²) in [5.41, 5.74) is 3.06. The minimum atomic E-state index is -0.860. The molecule has 1 aliphatic heterocycles. The number of para-hydroxylation sites is 1. The summed E-state index contributed by atoms with van der Waals surface area (Å²) in [7, 11) is 0. The predicted octanol–water partition coefficient (Wildman–Crippen LogP) is 2.13. The molecule has 1 saturated heterocycles. The number of rotatable bonds is 4. The Hall–Kier alpha value is -1.99. The fraction of sp³-hybridized carbons (Fsp3) is 0.421. The van der Waals surface area contributed by atoms with E-state index in [-0.39, 0.29) is 6.42 Å². The number of nitrogens with one attached hydrogen (secondary N) is 1. The first-order valence-corrected chi connectivity index (χ1v) is 8.61. The van der Waals surface area contributed by atoms with Gasteiger partial charge in [-0.25, -0.2) is 0 Å². The molecule has 25 heavy (non-hydrogen) atoms. The second kappa shape index (κ2) is 6.72. The van der Waals surface area contributed by atoms with Crippen molar-refractivity contribution in [3.05, 3.63) is 42.2 Å². The average molecular weight is 342 g/mol. The van der Waals surface area contributed by atoms with Crippen LogP contribution in [-0.4, -0.2) is 51.4 Å². The van der Waals surface area contributed by atoms with Crippen molar-refractivity contribution in [1.82, 2.24) is 9.97 Å². The number of aromatic nitrogens is 2. The summed E-state index contributed by atoms with van der Waals surface area (Å²) in [6, 6.07) is 10.2. The summed E-state index contributed by atoms with van der Waals surface area (Å²) in [5, 5.41) is 21.9. The molecule has 132 valence electrons. The lowest BCUT2D eigenvalue weighted by Crippen LogP contribution is -2.47. The number of pyridine rings is 1. The van der Waals surface area contributed by atoms with E-state index in [2.05, 4.69) is 22.1 Å². The van der Waals surface area contributed by atoms with Gasteiger partial charge >= 0.3 is 0 Å². The Morgan fingerprint density at radius 2 is 2.08 bits per heavy atom. The molecule has 6 heteroatoms. The van der Waals surface area contributed by atoms with Gasteiger partial charge in [0.25, 0.3) is 0 Å². The highest BCUT2D eigenvalue weighted by molar-refractivity contribution is 6.07. The van der Waals surface area contributed by atoms with E-state index in [4.69, 9.17) is 9.47 Å². The van der Waals surface area contributed by atoms with Crippen LogP contribution in [0.1, 0.15) is 19.0 Å². The molecule has 6 nitrogen and oxygen atoms in total. The highest BCUT2D eigenvalue weighted by atomic mass is 16.7. The van der Waals surface area contributed by atoms with Crippen molar-refractivity contribution in [1.29, 1.82) is 0 Å². The molecule has 0 bridgehead atoms. The molecular formula is C19H22N2O4. The molecule has 0 unspecified atom stereocenters. The molecule has 0 amide bonds. The first kappa shape index (κ1) is 16.5. The Morgan fingerprint density at radius 3 is 2.92 bits per heavy atom. The van der Waals surface area contributed by atoms with Gasteiger partial charge in [-0.05, 0) is 19.1 Å². The molecule has 3 N–H and O–H groups in total. The third-order valence-corrected chi connectivity index (χ3v) is 4.82. The van der Waals surface area contributed by atoms with E-state index in [0.717, 1.165) is 22.1 Å². The largest absolute Gasteiger partial charge is 0.390 e. The molecule has 0 saturated carbocycles. The van der Waals surface area contributed by atoms with Crippen molar-refractivity contribution in [2.45, 2.75) is 44.4 Å². The van der Waals surface area contributed by atoms with Gasteiger partial charge in [-0.15, -0.1) is 0 Å². The number of fused-ring (bicyclic) bond motifs is 3. The van der Waals surface area contributed by atoms with E-state index >= 15 is 0 Å². The Balaban J connectivity index is 1.46. The monoisotopic (exact) mass is 342 g/mol. The van der Waals surface area contributed by atoms with Gasteiger partial charge in [0.1, 0.15) is 6.10 Å². The van der Waals surface area contributed by atoms with Crippen LogP contribution in [0.2, 0.25) is 0 Å². The zero-order chi connectivity index (χ0) is 17.4. The van der Waals surface area contributed by atoms with Gasteiger partial charge in [0.15, 0.2) is 6.29 Å². The van der Waals surface area contributed by atoms with Crippen molar-refractivity contribution in [3.63, 3.8) is 0 Å². The Bertz CT molecular complexity index is 866. The minimum Gasteiger partial charge on any atom is -0.390 e.